The first kappa shape index (κ1) is 27.5. The number of halogens is 1. The SMILES string of the molecule is CC(=O)OC1(OC(C)=O)N(Cc2ccc(Cl)nc2)CC(c2ccccc2)([N+](=O)[O-])N1C(=O)Oc1ccccc1. The summed E-state index contributed by atoms with van der Waals surface area (Å²) in [5, 5.41) is 13.2. The number of carbonyl (C=O) groups excluding carboxylic acids is 3. The first-order chi connectivity index (χ1) is 18.6. The molecule has 1 unspecified atom stereocenters. The Balaban J connectivity index is 1.98. The lowest BCUT2D eigenvalue weighted by Crippen LogP contribution is -2.65. The number of para-hydroxylation sites is 1. The van der Waals surface area contributed by atoms with Gasteiger partial charge in [0.25, 0.3) is 0 Å². The van der Waals surface area contributed by atoms with Crippen molar-refractivity contribution in [3.8, 4) is 5.75 Å². The third-order valence-corrected chi connectivity index (χ3v) is 6.07. The van der Waals surface area contributed by atoms with Gasteiger partial charge in [-0.2, -0.15) is 4.90 Å². The van der Waals surface area contributed by atoms with Gasteiger partial charge in [-0.3, -0.25) is 19.7 Å². The van der Waals surface area contributed by atoms with Crippen LogP contribution in [0.2, 0.25) is 5.15 Å². The minimum absolute atomic E-state index is 0.0421. The second-order valence-corrected chi connectivity index (χ2v) is 8.92. The number of hydrogen-bond acceptors (Lipinski definition) is 10. The Bertz CT molecular complexity index is 1360. The topological polar surface area (TPSA) is 141 Å². The Hall–Kier alpha value is -4.55. The minimum atomic E-state index is -2.72. The number of nitrogens with zero attached hydrogens (tertiary/aromatic N) is 4. The highest BCUT2D eigenvalue weighted by atomic mass is 35.5. The van der Waals surface area contributed by atoms with Gasteiger partial charge >= 0.3 is 29.7 Å². The van der Waals surface area contributed by atoms with Crippen molar-refractivity contribution in [1.82, 2.24) is 14.8 Å². The molecule has 1 fully saturated rings. The van der Waals surface area contributed by atoms with E-state index in [0.717, 1.165) is 13.8 Å². The van der Waals surface area contributed by atoms with Gasteiger partial charge in [-0.05, 0) is 35.9 Å². The molecular formula is C26H23ClN4O8. The number of rotatable bonds is 7. The van der Waals surface area contributed by atoms with Gasteiger partial charge in [0.15, 0.2) is 0 Å². The maximum atomic E-state index is 13.9. The van der Waals surface area contributed by atoms with E-state index in [1.165, 1.54) is 41.4 Å². The molecule has 0 saturated carbocycles. The number of esters is 2. The van der Waals surface area contributed by atoms with Crippen LogP contribution < -0.4 is 4.74 Å². The summed E-state index contributed by atoms with van der Waals surface area (Å²) >= 11 is 5.91. The molecule has 202 valence electrons. The van der Waals surface area contributed by atoms with Crippen LogP contribution >= 0.6 is 11.6 Å². The van der Waals surface area contributed by atoms with E-state index in [1.54, 1.807) is 42.5 Å². The Morgan fingerprint density at radius 3 is 2.08 bits per heavy atom. The van der Waals surface area contributed by atoms with Gasteiger partial charge in [0.05, 0.1) is 10.5 Å². The molecule has 4 rings (SSSR count). The lowest BCUT2D eigenvalue weighted by Gasteiger charge is -2.40. The standard InChI is InChI=1S/C26H23ClN4O8/c1-18(32)38-26(39-19(2)33)29(16-20-13-14-23(27)28-15-20)17-25(31(35)36,21-9-5-3-6-10-21)30(26)24(34)37-22-11-7-4-8-12-22/h3-15H,16-17H2,1-2H3. The van der Waals surface area contributed by atoms with Crippen molar-refractivity contribution in [3.63, 3.8) is 0 Å². The number of benzene rings is 2. The smallest absolute Gasteiger partial charge is 0.410 e. The van der Waals surface area contributed by atoms with Crippen LogP contribution in [-0.2, 0) is 31.3 Å². The summed E-state index contributed by atoms with van der Waals surface area (Å²) in [5.41, 5.74) is -1.93. The second kappa shape index (κ2) is 11.1. The van der Waals surface area contributed by atoms with E-state index in [0.29, 0.717) is 10.5 Å². The second-order valence-electron chi connectivity index (χ2n) is 8.54. The average molecular weight is 555 g/mol. The van der Waals surface area contributed by atoms with E-state index in [4.69, 9.17) is 25.8 Å². The van der Waals surface area contributed by atoms with Crippen molar-refractivity contribution >= 4 is 29.6 Å². The lowest BCUT2D eigenvalue weighted by atomic mass is 9.99. The maximum Gasteiger partial charge on any atom is 0.428 e. The van der Waals surface area contributed by atoms with E-state index in [-0.39, 0.29) is 23.0 Å². The third kappa shape index (κ3) is 5.38. The van der Waals surface area contributed by atoms with Gasteiger partial charge in [-0.25, -0.2) is 9.78 Å². The molecular weight excluding hydrogens is 532 g/mol. The number of carbonyl (C=O) groups is 3. The number of ether oxygens (including phenoxy) is 3. The quantitative estimate of drug-likeness (QED) is 0.139. The molecule has 2 heterocycles. The van der Waals surface area contributed by atoms with Crippen LogP contribution in [0.25, 0.3) is 0 Å². The molecule has 1 saturated heterocycles. The maximum absolute atomic E-state index is 13.9. The van der Waals surface area contributed by atoms with E-state index < -0.39 is 41.2 Å². The van der Waals surface area contributed by atoms with E-state index in [2.05, 4.69) is 4.98 Å². The molecule has 1 aliphatic rings. The predicted molar refractivity (Wildman–Crippen MR) is 135 cm³/mol. The monoisotopic (exact) mass is 554 g/mol. The first-order valence-corrected chi connectivity index (χ1v) is 12.0. The van der Waals surface area contributed by atoms with Crippen LogP contribution in [0.4, 0.5) is 4.79 Å². The Labute approximate surface area is 227 Å². The average Bonchev–Trinajstić information content (AvgIpc) is 3.15. The van der Waals surface area contributed by atoms with Gasteiger partial charge in [0, 0.05) is 26.6 Å². The van der Waals surface area contributed by atoms with Crippen LogP contribution in [0.15, 0.2) is 79.0 Å². The van der Waals surface area contributed by atoms with E-state index in [1.807, 2.05) is 0 Å². The van der Waals surface area contributed by atoms with Crippen LogP contribution in [0.1, 0.15) is 25.0 Å². The summed E-state index contributed by atoms with van der Waals surface area (Å²) in [6, 6.07) is 15.8. The van der Waals surface area contributed by atoms with Crippen molar-refractivity contribution in [2.75, 3.05) is 6.54 Å². The first-order valence-electron chi connectivity index (χ1n) is 11.6. The van der Waals surface area contributed by atoms with Crippen LogP contribution in [0.5, 0.6) is 5.75 Å². The molecule has 1 atom stereocenters. The fraction of sp³-hybridized carbons (Fsp3) is 0.231. The molecule has 0 bridgehead atoms. The summed E-state index contributed by atoms with van der Waals surface area (Å²) in [6.07, 6.45) is 0.0941. The number of hydrogen-bond donors (Lipinski definition) is 0. The van der Waals surface area contributed by atoms with E-state index in [9.17, 15) is 24.5 Å². The van der Waals surface area contributed by atoms with E-state index >= 15 is 0 Å². The highest BCUT2D eigenvalue weighted by Crippen LogP contribution is 2.47. The van der Waals surface area contributed by atoms with Crippen molar-refractivity contribution in [3.05, 3.63) is 105 Å². The Morgan fingerprint density at radius 1 is 0.974 bits per heavy atom. The predicted octanol–water partition coefficient (Wildman–Crippen LogP) is 3.92. The molecule has 13 heteroatoms. The summed E-state index contributed by atoms with van der Waals surface area (Å²) in [5.74, 6) is -1.92. The summed E-state index contributed by atoms with van der Waals surface area (Å²) in [6.45, 7) is 1.25. The number of nitro groups is 1. The summed E-state index contributed by atoms with van der Waals surface area (Å²) in [7, 11) is 0. The van der Waals surface area contributed by atoms with Crippen LogP contribution in [0.3, 0.4) is 0 Å². The van der Waals surface area contributed by atoms with Crippen molar-refractivity contribution in [2.45, 2.75) is 32.1 Å². The molecule has 3 aromatic rings. The van der Waals surface area contributed by atoms with Gasteiger partial charge < -0.3 is 14.2 Å². The number of amides is 1. The highest BCUT2D eigenvalue weighted by molar-refractivity contribution is 6.29. The molecule has 12 nitrogen and oxygen atoms in total. The fourth-order valence-corrected chi connectivity index (χ4v) is 4.49. The summed E-state index contributed by atoms with van der Waals surface area (Å²) in [4.78, 5) is 56.8. The third-order valence-electron chi connectivity index (χ3n) is 5.85. The zero-order valence-corrected chi connectivity index (χ0v) is 21.6. The van der Waals surface area contributed by atoms with Gasteiger partial charge in [0.2, 0.25) is 0 Å². The van der Waals surface area contributed by atoms with Crippen molar-refractivity contribution in [2.24, 2.45) is 0 Å². The highest BCUT2D eigenvalue weighted by Gasteiger charge is 2.75. The summed E-state index contributed by atoms with van der Waals surface area (Å²) < 4.78 is 16.6. The van der Waals surface area contributed by atoms with Crippen molar-refractivity contribution < 1.29 is 33.5 Å². The molecule has 1 aliphatic heterocycles. The van der Waals surface area contributed by atoms with Crippen LogP contribution in [0, 0.1) is 10.1 Å². The molecule has 0 aliphatic carbocycles. The molecule has 0 radical (unpaired) electrons. The number of pyridine rings is 1. The molecule has 0 N–H and O–H groups in total. The lowest BCUT2D eigenvalue weighted by molar-refractivity contribution is -0.607. The molecule has 2 aromatic carbocycles. The van der Waals surface area contributed by atoms with Crippen molar-refractivity contribution in [1.29, 1.82) is 0 Å². The Morgan fingerprint density at radius 2 is 1.56 bits per heavy atom. The molecule has 1 aromatic heterocycles. The minimum Gasteiger partial charge on any atom is -0.410 e. The normalized spacial score (nSPS) is 18.3. The molecule has 39 heavy (non-hydrogen) atoms. The van der Waals surface area contributed by atoms with Gasteiger partial charge in [-0.1, -0.05) is 54.1 Å². The molecule has 1 amide bonds. The van der Waals surface area contributed by atoms with Crippen LogP contribution in [-0.4, -0.2) is 50.3 Å². The van der Waals surface area contributed by atoms with Gasteiger partial charge in [0.1, 0.15) is 17.4 Å². The fourth-order valence-electron chi connectivity index (χ4n) is 4.38. The molecule has 0 spiro atoms. The van der Waals surface area contributed by atoms with Gasteiger partial charge in [-0.15, -0.1) is 4.90 Å². The zero-order valence-electron chi connectivity index (χ0n) is 20.9. The zero-order chi connectivity index (χ0) is 28.2. The largest absolute Gasteiger partial charge is 0.428 e. The number of aromatic nitrogens is 1. The Kier molecular flexibility index (Phi) is 7.79.